The summed E-state index contributed by atoms with van der Waals surface area (Å²) in [5.74, 6) is -0.471. The summed E-state index contributed by atoms with van der Waals surface area (Å²) in [5, 5.41) is 20.1. The minimum absolute atomic E-state index is 0.200. The Morgan fingerprint density at radius 2 is 1.10 bits per heavy atom. The lowest BCUT2D eigenvalue weighted by Gasteiger charge is -2.30. The number of fused-ring (bicyclic) bond motifs is 10. The topological polar surface area (TPSA) is 40.5 Å². The van der Waals surface area contributed by atoms with Crippen LogP contribution in [0.3, 0.4) is 0 Å². The minimum atomic E-state index is -1.76. The predicted octanol–water partition coefficient (Wildman–Crippen LogP) is 3.85. The van der Waals surface area contributed by atoms with Crippen molar-refractivity contribution in [3.8, 4) is 22.3 Å². The van der Waals surface area contributed by atoms with Gasteiger partial charge in [0, 0.05) is 0 Å². The van der Waals surface area contributed by atoms with E-state index in [1.165, 1.54) is 6.07 Å². The molecule has 0 bridgehead atoms. The van der Waals surface area contributed by atoms with Crippen LogP contribution in [0.5, 0.6) is 0 Å². The maximum absolute atomic E-state index is 14.8. The van der Waals surface area contributed by atoms with Crippen LogP contribution < -0.4 is 5.46 Å². The van der Waals surface area contributed by atoms with Crippen LogP contribution in [-0.2, 0) is 5.41 Å². The van der Waals surface area contributed by atoms with Gasteiger partial charge in [-0.25, -0.2) is 4.39 Å². The van der Waals surface area contributed by atoms with E-state index < -0.39 is 18.4 Å². The molecule has 2 nitrogen and oxygen atoms in total. The largest absolute Gasteiger partial charge is 0.489 e. The Morgan fingerprint density at radius 1 is 0.621 bits per heavy atom. The van der Waals surface area contributed by atoms with Crippen molar-refractivity contribution in [3.63, 3.8) is 0 Å². The molecule has 4 aromatic carbocycles. The fraction of sp³-hybridized carbons (Fsp3) is 0.0400. The Labute approximate surface area is 168 Å². The van der Waals surface area contributed by atoms with Crippen molar-refractivity contribution in [2.24, 2.45) is 0 Å². The van der Waals surface area contributed by atoms with E-state index in [4.69, 9.17) is 0 Å². The van der Waals surface area contributed by atoms with E-state index in [9.17, 15) is 14.4 Å². The van der Waals surface area contributed by atoms with Crippen molar-refractivity contribution in [1.29, 1.82) is 0 Å². The van der Waals surface area contributed by atoms with Crippen molar-refractivity contribution in [2.75, 3.05) is 0 Å². The number of hydrogen-bond donors (Lipinski definition) is 2. The predicted molar refractivity (Wildman–Crippen MR) is 113 cm³/mol. The first-order chi connectivity index (χ1) is 14.1. The van der Waals surface area contributed by atoms with Crippen LogP contribution in [0.1, 0.15) is 22.3 Å². The molecular weight excluding hydrogens is 362 g/mol. The van der Waals surface area contributed by atoms with Crippen molar-refractivity contribution in [1.82, 2.24) is 0 Å². The van der Waals surface area contributed by atoms with E-state index in [-0.39, 0.29) is 5.46 Å². The molecule has 0 aliphatic heterocycles. The summed E-state index contributed by atoms with van der Waals surface area (Å²) in [6.45, 7) is 0. The van der Waals surface area contributed by atoms with Gasteiger partial charge in [-0.3, -0.25) is 0 Å². The van der Waals surface area contributed by atoms with Crippen LogP contribution in [-0.4, -0.2) is 17.2 Å². The molecule has 0 heterocycles. The smallest absolute Gasteiger partial charge is 0.423 e. The van der Waals surface area contributed by atoms with E-state index in [1.54, 1.807) is 6.07 Å². The van der Waals surface area contributed by atoms with Gasteiger partial charge in [0.15, 0.2) is 0 Å². The Bertz CT molecular complexity index is 1270. The highest BCUT2D eigenvalue weighted by molar-refractivity contribution is 6.60. The maximum atomic E-state index is 14.8. The Hall–Kier alpha value is -3.21. The third kappa shape index (κ3) is 1.93. The fourth-order valence-corrected chi connectivity index (χ4v) is 5.42. The standard InChI is InChI=1S/C25H16BFO2/c27-15-13-22-24(23(14-15)26(28)29)18-9-3-6-12-21(18)25(22)19-10-4-1-7-16(19)17-8-2-5-11-20(17)25/h1-14,28-29H. The van der Waals surface area contributed by atoms with Gasteiger partial charge in [-0.05, 0) is 62.1 Å². The molecule has 6 rings (SSSR count). The summed E-state index contributed by atoms with van der Waals surface area (Å²) in [5.41, 5.74) is 7.39. The highest BCUT2D eigenvalue weighted by atomic mass is 19.1. The van der Waals surface area contributed by atoms with E-state index in [2.05, 4.69) is 30.3 Å². The van der Waals surface area contributed by atoms with Crippen molar-refractivity contribution >= 4 is 12.6 Å². The molecule has 138 valence electrons. The monoisotopic (exact) mass is 378 g/mol. The summed E-state index contributed by atoms with van der Waals surface area (Å²) in [6.07, 6.45) is 0. The Kier molecular flexibility index (Phi) is 3.26. The van der Waals surface area contributed by atoms with Gasteiger partial charge in [-0.1, -0.05) is 72.8 Å². The average molecular weight is 378 g/mol. The number of benzene rings is 4. The lowest BCUT2D eigenvalue weighted by atomic mass is 9.69. The van der Waals surface area contributed by atoms with Gasteiger partial charge in [-0.2, -0.15) is 0 Å². The molecule has 2 N–H and O–H groups in total. The normalized spacial score (nSPS) is 14.3. The molecule has 0 atom stereocenters. The van der Waals surface area contributed by atoms with Crippen LogP contribution in [0.15, 0.2) is 84.9 Å². The van der Waals surface area contributed by atoms with E-state index >= 15 is 0 Å². The Morgan fingerprint density at radius 3 is 1.66 bits per heavy atom. The van der Waals surface area contributed by atoms with Crippen molar-refractivity contribution < 1.29 is 14.4 Å². The van der Waals surface area contributed by atoms with E-state index in [1.807, 2.05) is 42.5 Å². The van der Waals surface area contributed by atoms with E-state index in [0.717, 1.165) is 38.9 Å². The molecule has 4 aromatic rings. The zero-order valence-corrected chi connectivity index (χ0v) is 15.4. The quantitative estimate of drug-likeness (QED) is 0.427. The number of halogens is 1. The first-order valence-electron chi connectivity index (χ1n) is 9.63. The molecule has 0 radical (unpaired) electrons. The lowest BCUT2D eigenvalue weighted by Crippen LogP contribution is -2.33. The third-order valence-electron chi connectivity index (χ3n) is 6.37. The highest BCUT2D eigenvalue weighted by Gasteiger charge is 2.52. The second-order valence-corrected chi connectivity index (χ2v) is 7.68. The minimum Gasteiger partial charge on any atom is -0.423 e. The molecule has 0 saturated carbocycles. The summed E-state index contributed by atoms with van der Waals surface area (Å²) in [4.78, 5) is 0. The first-order valence-corrected chi connectivity index (χ1v) is 9.63. The average Bonchev–Trinajstić information content (AvgIpc) is 3.20. The molecule has 0 saturated heterocycles. The molecule has 29 heavy (non-hydrogen) atoms. The van der Waals surface area contributed by atoms with Crippen LogP contribution in [0.4, 0.5) is 4.39 Å². The third-order valence-corrected chi connectivity index (χ3v) is 6.37. The lowest BCUT2D eigenvalue weighted by molar-refractivity contribution is 0.425. The molecule has 0 amide bonds. The number of rotatable bonds is 1. The van der Waals surface area contributed by atoms with Crippen LogP contribution >= 0.6 is 0 Å². The van der Waals surface area contributed by atoms with Crippen LogP contribution in [0.25, 0.3) is 22.3 Å². The molecule has 4 heteroatoms. The molecule has 0 aromatic heterocycles. The summed E-state index contributed by atoms with van der Waals surface area (Å²) < 4.78 is 14.8. The fourth-order valence-electron chi connectivity index (χ4n) is 5.42. The van der Waals surface area contributed by atoms with Gasteiger partial charge >= 0.3 is 7.12 Å². The molecule has 2 aliphatic carbocycles. The second-order valence-electron chi connectivity index (χ2n) is 7.68. The van der Waals surface area contributed by atoms with Gasteiger partial charge < -0.3 is 10.0 Å². The van der Waals surface area contributed by atoms with E-state index in [0.29, 0.717) is 5.56 Å². The van der Waals surface area contributed by atoms with Gasteiger partial charge in [0.05, 0.1) is 5.41 Å². The van der Waals surface area contributed by atoms with Crippen molar-refractivity contribution in [3.05, 3.63) is 113 Å². The summed E-state index contributed by atoms with van der Waals surface area (Å²) >= 11 is 0. The Balaban J connectivity index is 1.87. The zero-order valence-electron chi connectivity index (χ0n) is 15.4. The molecule has 2 aliphatic rings. The number of hydrogen-bond acceptors (Lipinski definition) is 2. The molecule has 0 unspecified atom stereocenters. The zero-order chi connectivity index (χ0) is 19.8. The molecular formula is C25H16BFO2. The van der Waals surface area contributed by atoms with Gasteiger partial charge in [0.1, 0.15) is 5.82 Å². The molecule has 1 spiro atoms. The maximum Gasteiger partial charge on any atom is 0.489 e. The SMILES string of the molecule is OB(O)c1cc(F)cc2c1-c1ccccc1C21c2ccccc2-c2ccccc21. The van der Waals surface area contributed by atoms with Gasteiger partial charge in [0.2, 0.25) is 0 Å². The first kappa shape index (κ1) is 16.7. The van der Waals surface area contributed by atoms with Gasteiger partial charge in [0.25, 0.3) is 0 Å². The van der Waals surface area contributed by atoms with Gasteiger partial charge in [-0.15, -0.1) is 0 Å². The second kappa shape index (κ2) is 5.66. The summed E-state index contributed by atoms with van der Waals surface area (Å²) in [6, 6.07) is 27.2. The van der Waals surface area contributed by atoms with Crippen LogP contribution in [0.2, 0.25) is 0 Å². The highest BCUT2D eigenvalue weighted by Crippen LogP contribution is 2.62. The summed E-state index contributed by atoms with van der Waals surface area (Å²) in [7, 11) is -1.76. The molecule has 0 fully saturated rings. The van der Waals surface area contributed by atoms with Crippen LogP contribution in [0, 0.1) is 5.82 Å². The van der Waals surface area contributed by atoms with Crippen molar-refractivity contribution in [2.45, 2.75) is 5.41 Å².